The van der Waals surface area contributed by atoms with Gasteiger partial charge in [0.25, 0.3) is 0 Å². The Bertz CT molecular complexity index is 1690. The highest BCUT2D eigenvalue weighted by Crippen LogP contribution is 2.45. The van der Waals surface area contributed by atoms with Crippen LogP contribution >= 0.6 is 22.7 Å². The zero-order chi connectivity index (χ0) is 27.4. The third kappa shape index (κ3) is 5.17. The number of hydrogen-bond donors (Lipinski definition) is 0. The number of rotatable bonds is 6. The minimum atomic E-state index is 0.593. The third-order valence-corrected chi connectivity index (χ3v) is 9.14. The second-order valence-electron chi connectivity index (χ2n) is 9.25. The standard InChI is InChI=1S/C32H29N3S2.C2H6/c1-4-10-23(5-2)35(30-13-8-9-20-33-30)31-19-18-28(36-31)29-21-27-32(37-29)25-11-6-7-12-26(25)34(27)24-16-14-22(3)15-17-24;1-2/h4-14,16-22H,15H2,1-3H3;1-2H3/b10-4-,23-5+;. The van der Waals surface area contributed by atoms with E-state index in [1.165, 1.54) is 36.6 Å². The predicted molar refractivity (Wildman–Crippen MR) is 174 cm³/mol. The molecule has 0 spiro atoms. The van der Waals surface area contributed by atoms with E-state index in [1.807, 2.05) is 61.8 Å². The first-order chi connectivity index (χ1) is 19.2. The first-order valence-corrected chi connectivity index (χ1v) is 15.3. The van der Waals surface area contributed by atoms with Crippen LogP contribution in [0.5, 0.6) is 0 Å². The van der Waals surface area contributed by atoms with Crippen LogP contribution in [0.4, 0.5) is 10.8 Å². The molecule has 1 aliphatic rings. The highest BCUT2D eigenvalue weighted by Gasteiger charge is 2.20. The van der Waals surface area contributed by atoms with Crippen molar-refractivity contribution in [3.05, 3.63) is 109 Å². The summed E-state index contributed by atoms with van der Waals surface area (Å²) in [5.74, 6) is 1.51. The molecule has 4 heterocycles. The molecule has 0 aliphatic heterocycles. The largest absolute Gasteiger partial charge is 0.309 e. The summed E-state index contributed by atoms with van der Waals surface area (Å²) in [7, 11) is 0. The van der Waals surface area contributed by atoms with Crippen molar-refractivity contribution in [2.45, 2.75) is 41.0 Å². The monoisotopic (exact) mass is 549 g/mol. The Morgan fingerprint density at radius 3 is 2.51 bits per heavy atom. The van der Waals surface area contributed by atoms with Crippen molar-refractivity contribution >= 4 is 60.3 Å². The minimum Gasteiger partial charge on any atom is -0.309 e. The van der Waals surface area contributed by atoms with E-state index in [4.69, 9.17) is 0 Å². The molecule has 0 saturated heterocycles. The lowest BCUT2D eigenvalue weighted by atomic mass is 10.0. The van der Waals surface area contributed by atoms with Gasteiger partial charge in [0.1, 0.15) is 10.8 Å². The SMILES string of the molecule is C/C=C\C(=C/C)N(c1ccccn1)c1ccc(-c2cc3c(s2)c2ccccc2n3C2=CCC(C)C=C2)s1.CC. The number of para-hydroxylation sites is 1. The number of hydrogen-bond acceptors (Lipinski definition) is 4. The van der Waals surface area contributed by atoms with Crippen LogP contribution in [0.3, 0.4) is 0 Å². The van der Waals surface area contributed by atoms with E-state index in [0.717, 1.165) is 22.9 Å². The van der Waals surface area contributed by atoms with Crippen molar-refractivity contribution in [2.24, 2.45) is 5.92 Å². The van der Waals surface area contributed by atoms with Gasteiger partial charge in [0.05, 0.1) is 15.7 Å². The Morgan fingerprint density at radius 2 is 1.79 bits per heavy atom. The molecule has 5 aromatic rings. The number of benzene rings is 1. The Hall–Kier alpha value is -3.67. The van der Waals surface area contributed by atoms with Gasteiger partial charge < -0.3 is 4.57 Å². The van der Waals surface area contributed by atoms with E-state index in [2.05, 4.69) is 113 Å². The number of aromatic nitrogens is 2. The molecule has 4 aromatic heterocycles. The van der Waals surface area contributed by atoms with Crippen molar-refractivity contribution in [3.8, 4) is 9.75 Å². The van der Waals surface area contributed by atoms with Gasteiger partial charge in [-0.1, -0.05) is 69.3 Å². The van der Waals surface area contributed by atoms with Crippen LogP contribution in [0.25, 0.3) is 36.6 Å². The Balaban J connectivity index is 0.00000151. The molecule has 1 aromatic carbocycles. The smallest absolute Gasteiger partial charge is 0.138 e. The molecule has 0 amide bonds. The number of nitrogens with zero attached hydrogens (tertiary/aromatic N) is 3. The van der Waals surface area contributed by atoms with Crippen molar-refractivity contribution in [2.75, 3.05) is 4.90 Å². The molecule has 3 nitrogen and oxygen atoms in total. The fourth-order valence-electron chi connectivity index (χ4n) is 4.92. The molecule has 1 unspecified atom stereocenters. The summed E-state index contributed by atoms with van der Waals surface area (Å²) in [4.78, 5) is 9.46. The van der Waals surface area contributed by atoms with Crippen LogP contribution in [0.2, 0.25) is 0 Å². The van der Waals surface area contributed by atoms with Gasteiger partial charge >= 0.3 is 0 Å². The molecule has 39 heavy (non-hydrogen) atoms. The van der Waals surface area contributed by atoms with Crippen LogP contribution < -0.4 is 4.90 Å². The molecule has 198 valence electrons. The molecule has 0 radical (unpaired) electrons. The number of thiophene rings is 2. The molecule has 0 bridgehead atoms. The van der Waals surface area contributed by atoms with E-state index in [-0.39, 0.29) is 0 Å². The quantitative estimate of drug-likeness (QED) is 0.196. The maximum atomic E-state index is 4.66. The molecule has 6 rings (SSSR count). The summed E-state index contributed by atoms with van der Waals surface area (Å²) in [6, 6.07) is 21.7. The summed E-state index contributed by atoms with van der Waals surface area (Å²) >= 11 is 3.69. The topological polar surface area (TPSA) is 21.1 Å². The maximum Gasteiger partial charge on any atom is 0.138 e. The Morgan fingerprint density at radius 1 is 0.974 bits per heavy atom. The number of allylic oxidation sites excluding steroid dienone is 7. The van der Waals surface area contributed by atoms with Gasteiger partial charge in [-0.25, -0.2) is 4.98 Å². The Kier molecular flexibility index (Phi) is 8.30. The van der Waals surface area contributed by atoms with E-state index in [1.54, 1.807) is 0 Å². The minimum absolute atomic E-state index is 0.593. The number of pyridine rings is 1. The van der Waals surface area contributed by atoms with Crippen molar-refractivity contribution in [3.63, 3.8) is 0 Å². The Labute approximate surface area is 239 Å². The van der Waals surface area contributed by atoms with Crippen LogP contribution in [0.1, 0.15) is 41.0 Å². The fourth-order valence-corrected chi connectivity index (χ4v) is 7.22. The van der Waals surface area contributed by atoms with Gasteiger partial charge in [0.15, 0.2) is 0 Å². The molecular formula is C34H35N3S2. The second-order valence-corrected chi connectivity index (χ2v) is 11.4. The van der Waals surface area contributed by atoms with Crippen molar-refractivity contribution < 1.29 is 0 Å². The zero-order valence-corrected chi connectivity index (χ0v) is 24.9. The summed E-state index contributed by atoms with van der Waals surface area (Å²) in [6.07, 6.45) is 16.3. The normalized spacial score (nSPS) is 15.6. The second kappa shape index (κ2) is 12.0. The lowest BCUT2D eigenvalue weighted by Crippen LogP contribution is -2.14. The van der Waals surface area contributed by atoms with E-state index in [0.29, 0.717) is 5.92 Å². The van der Waals surface area contributed by atoms with Gasteiger partial charge in [-0.15, -0.1) is 22.7 Å². The average Bonchev–Trinajstić information content (AvgIpc) is 3.70. The predicted octanol–water partition coefficient (Wildman–Crippen LogP) is 11.1. The van der Waals surface area contributed by atoms with Crippen LogP contribution in [-0.4, -0.2) is 9.55 Å². The fraction of sp³-hybridized carbons (Fsp3) is 0.206. The summed E-state index contributed by atoms with van der Waals surface area (Å²) in [5.41, 5.74) is 4.93. The van der Waals surface area contributed by atoms with E-state index in [9.17, 15) is 0 Å². The van der Waals surface area contributed by atoms with Gasteiger partial charge in [-0.2, -0.15) is 0 Å². The summed E-state index contributed by atoms with van der Waals surface area (Å²) in [5, 5.41) is 2.47. The van der Waals surface area contributed by atoms with E-state index < -0.39 is 0 Å². The van der Waals surface area contributed by atoms with Crippen LogP contribution in [-0.2, 0) is 0 Å². The third-order valence-electron chi connectivity index (χ3n) is 6.72. The van der Waals surface area contributed by atoms with Gasteiger partial charge in [-0.05, 0) is 74.7 Å². The zero-order valence-electron chi connectivity index (χ0n) is 23.3. The van der Waals surface area contributed by atoms with E-state index >= 15 is 0 Å². The lowest BCUT2D eigenvalue weighted by Gasteiger charge is -2.23. The van der Waals surface area contributed by atoms with Crippen LogP contribution in [0, 0.1) is 5.92 Å². The highest BCUT2D eigenvalue weighted by molar-refractivity contribution is 7.27. The summed E-state index contributed by atoms with van der Waals surface area (Å²) in [6.45, 7) is 10.4. The molecule has 0 fully saturated rings. The molecular weight excluding hydrogens is 515 g/mol. The van der Waals surface area contributed by atoms with Gasteiger partial charge in [0.2, 0.25) is 0 Å². The molecule has 1 aliphatic carbocycles. The average molecular weight is 550 g/mol. The highest BCUT2D eigenvalue weighted by atomic mass is 32.1. The molecule has 5 heteroatoms. The molecule has 0 N–H and O–H groups in total. The van der Waals surface area contributed by atoms with Crippen LogP contribution in [0.15, 0.2) is 109 Å². The number of fused-ring (bicyclic) bond motifs is 3. The number of anilines is 2. The lowest BCUT2D eigenvalue weighted by molar-refractivity contribution is 0.735. The molecule has 0 saturated carbocycles. The van der Waals surface area contributed by atoms with Crippen molar-refractivity contribution in [1.29, 1.82) is 0 Å². The van der Waals surface area contributed by atoms with Gasteiger partial charge in [-0.3, -0.25) is 4.90 Å². The first-order valence-electron chi connectivity index (χ1n) is 13.7. The van der Waals surface area contributed by atoms with Crippen molar-refractivity contribution in [1.82, 2.24) is 9.55 Å². The maximum absolute atomic E-state index is 4.66. The molecule has 1 atom stereocenters. The van der Waals surface area contributed by atoms with Gasteiger partial charge in [0, 0.05) is 32.7 Å². The summed E-state index contributed by atoms with van der Waals surface area (Å²) < 4.78 is 3.78. The first kappa shape index (κ1) is 26.9.